The van der Waals surface area contributed by atoms with Crippen LogP contribution >= 0.6 is 0 Å². The van der Waals surface area contributed by atoms with E-state index in [-0.39, 0.29) is 6.04 Å². The van der Waals surface area contributed by atoms with Gasteiger partial charge in [-0.05, 0) is 24.6 Å². The van der Waals surface area contributed by atoms with Crippen LogP contribution in [0.5, 0.6) is 11.5 Å². The van der Waals surface area contributed by atoms with Gasteiger partial charge in [0.2, 0.25) is 0 Å². The van der Waals surface area contributed by atoms with Crippen molar-refractivity contribution in [2.24, 2.45) is 0 Å². The Morgan fingerprint density at radius 3 is 2.88 bits per heavy atom. The second kappa shape index (κ2) is 5.07. The number of nitrogens with one attached hydrogen (secondary N) is 1. The highest BCUT2D eigenvalue weighted by molar-refractivity contribution is 5.52. The molecule has 0 fully saturated rings. The Labute approximate surface area is 101 Å². The van der Waals surface area contributed by atoms with Crippen LogP contribution in [0.15, 0.2) is 12.1 Å². The van der Waals surface area contributed by atoms with Crippen molar-refractivity contribution in [2.75, 3.05) is 20.8 Å². The molecule has 1 unspecified atom stereocenters. The normalized spacial score (nSPS) is 18.1. The molecule has 1 aromatic carbocycles. The van der Waals surface area contributed by atoms with Crippen LogP contribution in [0.3, 0.4) is 0 Å². The zero-order valence-corrected chi connectivity index (χ0v) is 10.1. The van der Waals surface area contributed by atoms with Gasteiger partial charge in [-0.15, -0.1) is 0 Å². The zero-order valence-electron chi connectivity index (χ0n) is 10.1. The molecule has 1 aromatic rings. The molecule has 0 spiro atoms. The van der Waals surface area contributed by atoms with Gasteiger partial charge in [0.05, 0.1) is 26.7 Å². The summed E-state index contributed by atoms with van der Waals surface area (Å²) in [4.78, 5) is 0. The molecular weight excluding hydrogens is 216 g/mol. The van der Waals surface area contributed by atoms with Gasteiger partial charge in [-0.2, -0.15) is 5.26 Å². The van der Waals surface area contributed by atoms with Crippen LogP contribution in [0.25, 0.3) is 0 Å². The first-order valence-electron chi connectivity index (χ1n) is 5.66. The summed E-state index contributed by atoms with van der Waals surface area (Å²) in [5.41, 5.74) is 2.31. The third kappa shape index (κ3) is 2.06. The highest BCUT2D eigenvalue weighted by Gasteiger charge is 2.24. The van der Waals surface area contributed by atoms with E-state index >= 15 is 0 Å². The minimum atomic E-state index is 0.101. The average molecular weight is 232 g/mol. The van der Waals surface area contributed by atoms with Crippen LogP contribution in [0.4, 0.5) is 0 Å². The maximum atomic E-state index is 8.83. The van der Waals surface area contributed by atoms with Crippen molar-refractivity contribution in [3.05, 3.63) is 23.3 Å². The summed E-state index contributed by atoms with van der Waals surface area (Å²) in [5, 5.41) is 12.2. The summed E-state index contributed by atoms with van der Waals surface area (Å²) in [6.07, 6.45) is 1.38. The van der Waals surface area contributed by atoms with Crippen molar-refractivity contribution >= 4 is 0 Å². The highest BCUT2D eigenvalue weighted by atomic mass is 16.5. The Morgan fingerprint density at radius 2 is 2.24 bits per heavy atom. The number of fused-ring (bicyclic) bond motifs is 1. The zero-order chi connectivity index (χ0) is 12.3. The number of benzene rings is 1. The third-order valence-electron chi connectivity index (χ3n) is 3.12. The fourth-order valence-electron chi connectivity index (χ4n) is 2.35. The van der Waals surface area contributed by atoms with Crippen molar-refractivity contribution in [3.63, 3.8) is 0 Å². The minimum Gasteiger partial charge on any atom is -0.493 e. The van der Waals surface area contributed by atoms with Crippen LogP contribution in [0, 0.1) is 11.3 Å². The lowest BCUT2D eigenvalue weighted by atomic mass is 9.91. The van der Waals surface area contributed by atoms with Crippen LogP contribution in [0.1, 0.15) is 23.6 Å². The molecule has 4 heteroatoms. The summed E-state index contributed by atoms with van der Waals surface area (Å²) in [6.45, 7) is 0.864. The molecule has 0 aliphatic carbocycles. The number of ether oxygens (including phenoxy) is 2. The number of hydrogen-bond acceptors (Lipinski definition) is 4. The van der Waals surface area contributed by atoms with E-state index in [4.69, 9.17) is 14.7 Å². The molecule has 1 aliphatic rings. The van der Waals surface area contributed by atoms with Gasteiger partial charge >= 0.3 is 0 Å². The lowest BCUT2D eigenvalue weighted by Gasteiger charge is -2.27. The fraction of sp³-hybridized carbons (Fsp3) is 0.462. The average Bonchev–Trinajstić information content (AvgIpc) is 2.38. The van der Waals surface area contributed by atoms with E-state index < -0.39 is 0 Å². The first-order valence-corrected chi connectivity index (χ1v) is 5.66. The molecule has 4 nitrogen and oxygen atoms in total. The summed E-state index contributed by atoms with van der Waals surface area (Å²) < 4.78 is 10.7. The molecule has 1 atom stereocenters. The predicted octanol–water partition coefficient (Wildman–Crippen LogP) is 1.80. The molecule has 17 heavy (non-hydrogen) atoms. The van der Waals surface area contributed by atoms with E-state index in [1.165, 1.54) is 0 Å². The number of methoxy groups -OCH3 is 2. The van der Waals surface area contributed by atoms with Crippen molar-refractivity contribution in [1.29, 1.82) is 5.26 Å². The minimum absolute atomic E-state index is 0.101. The summed E-state index contributed by atoms with van der Waals surface area (Å²) in [7, 11) is 3.29. The van der Waals surface area contributed by atoms with Crippen molar-refractivity contribution < 1.29 is 9.47 Å². The van der Waals surface area contributed by atoms with Gasteiger partial charge in [0.15, 0.2) is 11.5 Å². The van der Waals surface area contributed by atoms with E-state index in [2.05, 4.69) is 11.4 Å². The van der Waals surface area contributed by atoms with E-state index in [1.54, 1.807) is 14.2 Å². The molecule has 90 valence electrons. The topological polar surface area (TPSA) is 54.3 Å². The van der Waals surface area contributed by atoms with Crippen molar-refractivity contribution in [2.45, 2.75) is 18.9 Å². The Kier molecular flexibility index (Phi) is 3.50. The van der Waals surface area contributed by atoms with Gasteiger partial charge in [-0.25, -0.2) is 0 Å². The van der Waals surface area contributed by atoms with E-state index in [1.807, 2.05) is 12.1 Å². The Morgan fingerprint density at radius 1 is 1.41 bits per heavy atom. The molecule has 0 saturated heterocycles. The molecule has 2 rings (SSSR count). The maximum Gasteiger partial charge on any atom is 0.164 e. The number of nitriles is 1. The first-order chi connectivity index (χ1) is 8.31. The third-order valence-corrected chi connectivity index (χ3v) is 3.12. The van der Waals surface area contributed by atoms with Gasteiger partial charge < -0.3 is 14.8 Å². The summed E-state index contributed by atoms with van der Waals surface area (Å²) in [5.74, 6) is 1.55. The fourth-order valence-corrected chi connectivity index (χ4v) is 2.35. The maximum absolute atomic E-state index is 8.83. The summed E-state index contributed by atoms with van der Waals surface area (Å²) >= 11 is 0. The molecule has 0 radical (unpaired) electrons. The molecule has 1 heterocycles. The van der Waals surface area contributed by atoms with Gasteiger partial charge in [0.25, 0.3) is 0 Å². The standard InChI is InChI=1S/C13H16N2O2/c1-16-12-4-3-9-10(13(12)17-2)6-8-15-11(9)5-7-14/h3-4,11,15H,5-6,8H2,1-2H3. The number of hydrogen-bond donors (Lipinski definition) is 1. The van der Waals surface area contributed by atoms with Gasteiger partial charge in [0.1, 0.15) is 0 Å². The molecule has 0 amide bonds. The summed E-state index contributed by atoms with van der Waals surface area (Å²) in [6, 6.07) is 6.23. The van der Waals surface area contributed by atoms with Crippen molar-refractivity contribution in [1.82, 2.24) is 5.32 Å². The van der Waals surface area contributed by atoms with Gasteiger partial charge in [-0.3, -0.25) is 0 Å². The molecule has 0 saturated carbocycles. The molecular formula is C13H16N2O2. The van der Waals surface area contributed by atoms with Crippen LogP contribution in [-0.2, 0) is 6.42 Å². The quantitative estimate of drug-likeness (QED) is 0.863. The highest BCUT2D eigenvalue weighted by Crippen LogP contribution is 2.38. The first kappa shape index (κ1) is 11.7. The second-order valence-electron chi connectivity index (χ2n) is 3.99. The van der Waals surface area contributed by atoms with Gasteiger partial charge in [-0.1, -0.05) is 6.07 Å². The Balaban J connectivity index is 2.47. The number of rotatable bonds is 3. The van der Waals surface area contributed by atoms with Crippen LogP contribution in [0.2, 0.25) is 0 Å². The molecule has 1 aliphatic heterocycles. The monoisotopic (exact) mass is 232 g/mol. The van der Waals surface area contributed by atoms with Crippen LogP contribution < -0.4 is 14.8 Å². The van der Waals surface area contributed by atoms with Crippen LogP contribution in [-0.4, -0.2) is 20.8 Å². The lowest BCUT2D eigenvalue weighted by Crippen LogP contribution is -2.29. The molecule has 0 bridgehead atoms. The van der Waals surface area contributed by atoms with Crippen molar-refractivity contribution in [3.8, 4) is 17.6 Å². The van der Waals surface area contributed by atoms with E-state index in [0.717, 1.165) is 35.6 Å². The predicted molar refractivity (Wildman–Crippen MR) is 64.2 cm³/mol. The van der Waals surface area contributed by atoms with Gasteiger partial charge in [0, 0.05) is 11.6 Å². The van der Waals surface area contributed by atoms with E-state index in [0.29, 0.717) is 6.42 Å². The second-order valence-corrected chi connectivity index (χ2v) is 3.99. The molecule has 0 aromatic heterocycles. The molecule has 1 N–H and O–H groups in total. The van der Waals surface area contributed by atoms with E-state index in [9.17, 15) is 0 Å². The smallest absolute Gasteiger partial charge is 0.164 e. The Bertz CT molecular complexity index is 451. The Hall–Kier alpha value is -1.73. The lowest BCUT2D eigenvalue weighted by molar-refractivity contribution is 0.347. The number of nitrogens with zero attached hydrogens (tertiary/aromatic N) is 1. The SMILES string of the molecule is COc1ccc2c(c1OC)CCNC2CC#N. The largest absolute Gasteiger partial charge is 0.493 e.